The standard InChI is InChI=1S/C15H27N3S/c1-17-9-3-4-15(12-17)18(2)10-8-16-7-5-14-6-11-19-13-14/h6,11,13,15-16H,3-5,7-10,12H2,1-2H3. The predicted molar refractivity (Wildman–Crippen MR) is 84.0 cm³/mol. The lowest BCUT2D eigenvalue weighted by Crippen LogP contribution is -2.46. The zero-order valence-corrected chi connectivity index (χ0v) is 13.1. The van der Waals surface area contributed by atoms with E-state index in [0.717, 1.165) is 32.1 Å². The van der Waals surface area contributed by atoms with Crippen LogP contribution in [0.2, 0.25) is 0 Å². The number of hydrogen-bond donors (Lipinski definition) is 1. The fourth-order valence-electron chi connectivity index (χ4n) is 2.73. The predicted octanol–water partition coefficient (Wildman–Crippen LogP) is 1.91. The van der Waals surface area contributed by atoms with Gasteiger partial charge in [-0.3, -0.25) is 0 Å². The van der Waals surface area contributed by atoms with Crippen LogP contribution < -0.4 is 5.32 Å². The second-order valence-corrected chi connectivity index (χ2v) is 6.45. The number of thiophene rings is 1. The van der Waals surface area contributed by atoms with E-state index < -0.39 is 0 Å². The van der Waals surface area contributed by atoms with Crippen LogP contribution in [0, 0.1) is 0 Å². The van der Waals surface area contributed by atoms with Crippen LogP contribution in [0.3, 0.4) is 0 Å². The van der Waals surface area contributed by atoms with E-state index in [4.69, 9.17) is 0 Å². The summed E-state index contributed by atoms with van der Waals surface area (Å²) in [4.78, 5) is 4.97. The fraction of sp³-hybridized carbons (Fsp3) is 0.733. The van der Waals surface area contributed by atoms with Crippen molar-refractivity contribution in [1.29, 1.82) is 0 Å². The van der Waals surface area contributed by atoms with Gasteiger partial charge in [0.1, 0.15) is 0 Å². The van der Waals surface area contributed by atoms with E-state index in [1.54, 1.807) is 11.3 Å². The summed E-state index contributed by atoms with van der Waals surface area (Å²) < 4.78 is 0. The van der Waals surface area contributed by atoms with Crippen LogP contribution in [-0.2, 0) is 6.42 Å². The molecule has 0 spiro atoms. The molecule has 4 heteroatoms. The van der Waals surface area contributed by atoms with E-state index >= 15 is 0 Å². The molecule has 108 valence electrons. The number of likely N-dealkylation sites (tertiary alicyclic amines) is 1. The molecule has 0 saturated carbocycles. The van der Waals surface area contributed by atoms with Gasteiger partial charge in [0.05, 0.1) is 0 Å². The van der Waals surface area contributed by atoms with Crippen LogP contribution in [0.25, 0.3) is 0 Å². The van der Waals surface area contributed by atoms with E-state index in [-0.39, 0.29) is 0 Å². The molecule has 0 amide bonds. The maximum absolute atomic E-state index is 3.55. The highest BCUT2D eigenvalue weighted by molar-refractivity contribution is 7.07. The highest BCUT2D eigenvalue weighted by Gasteiger charge is 2.20. The van der Waals surface area contributed by atoms with Crippen LogP contribution in [0.5, 0.6) is 0 Å². The lowest BCUT2D eigenvalue weighted by molar-refractivity contribution is 0.135. The van der Waals surface area contributed by atoms with Crippen molar-refractivity contribution in [3.8, 4) is 0 Å². The molecular weight excluding hydrogens is 254 g/mol. The minimum atomic E-state index is 0.748. The van der Waals surface area contributed by atoms with E-state index in [0.29, 0.717) is 0 Å². The maximum atomic E-state index is 3.55. The highest BCUT2D eigenvalue weighted by atomic mass is 32.1. The smallest absolute Gasteiger partial charge is 0.0221 e. The van der Waals surface area contributed by atoms with Crippen molar-refractivity contribution < 1.29 is 0 Å². The summed E-state index contributed by atoms with van der Waals surface area (Å²) in [6.45, 7) is 5.84. The number of rotatable bonds is 7. The van der Waals surface area contributed by atoms with Crippen molar-refractivity contribution in [2.24, 2.45) is 0 Å². The summed E-state index contributed by atoms with van der Waals surface area (Å²) in [5.41, 5.74) is 1.46. The first kappa shape index (κ1) is 15.0. The Bertz CT molecular complexity index is 339. The molecule has 1 N–H and O–H groups in total. The van der Waals surface area contributed by atoms with Crippen molar-refractivity contribution >= 4 is 11.3 Å². The second-order valence-electron chi connectivity index (χ2n) is 5.67. The summed E-state index contributed by atoms with van der Waals surface area (Å²) in [5, 5.41) is 7.95. The highest BCUT2D eigenvalue weighted by Crippen LogP contribution is 2.12. The topological polar surface area (TPSA) is 18.5 Å². The minimum Gasteiger partial charge on any atom is -0.315 e. The molecule has 1 atom stereocenters. The Morgan fingerprint density at radius 2 is 2.37 bits per heavy atom. The van der Waals surface area contributed by atoms with Crippen molar-refractivity contribution in [3.05, 3.63) is 22.4 Å². The minimum absolute atomic E-state index is 0.748. The molecule has 1 aliphatic rings. The number of nitrogens with one attached hydrogen (secondary N) is 1. The van der Waals surface area contributed by atoms with Crippen LogP contribution >= 0.6 is 11.3 Å². The molecule has 1 unspecified atom stereocenters. The quantitative estimate of drug-likeness (QED) is 0.770. The average molecular weight is 281 g/mol. The Morgan fingerprint density at radius 1 is 1.47 bits per heavy atom. The molecule has 0 bridgehead atoms. The molecule has 2 rings (SSSR count). The Hall–Kier alpha value is -0.420. The van der Waals surface area contributed by atoms with Gasteiger partial charge in [0.15, 0.2) is 0 Å². The summed E-state index contributed by atoms with van der Waals surface area (Å²) in [7, 11) is 4.50. The van der Waals surface area contributed by atoms with Gasteiger partial charge in [-0.2, -0.15) is 11.3 Å². The largest absolute Gasteiger partial charge is 0.315 e. The Labute approximate surface area is 121 Å². The van der Waals surface area contributed by atoms with Crippen molar-refractivity contribution in [2.45, 2.75) is 25.3 Å². The van der Waals surface area contributed by atoms with E-state index in [1.807, 2.05) is 0 Å². The Kier molecular flexibility index (Phi) is 6.31. The lowest BCUT2D eigenvalue weighted by atomic mass is 10.1. The fourth-order valence-corrected chi connectivity index (χ4v) is 3.43. The number of nitrogens with zero attached hydrogens (tertiary/aromatic N) is 2. The number of hydrogen-bond acceptors (Lipinski definition) is 4. The summed E-state index contributed by atoms with van der Waals surface area (Å²) in [5.74, 6) is 0. The molecule has 1 aromatic rings. The summed E-state index contributed by atoms with van der Waals surface area (Å²) >= 11 is 1.79. The molecule has 1 saturated heterocycles. The maximum Gasteiger partial charge on any atom is 0.0221 e. The van der Waals surface area contributed by atoms with Gasteiger partial charge < -0.3 is 15.1 Å². The second kappa shape index (κ2) is 8.00. The van der Waals surface area contributed by atoms with E-state index in [2.05, 4.69) is 46.0 Å². The SMILES string of the molecule is CN1CCCC(N(C)CCNCCc2ccsc2)C1. The van der Waals surface area contributed by atoms with Crippen LogP contribution in [0.4, 0.5) is 0 Å². The monoisotopic (exact) mass is 281 g/mol. The third-order valence-corrected chi connectivity index (χ3v) is 4.77. The van der Waals surface area contributed by atoms with Crippen LogP contribution in [-0.4, -0.2) is 62.7 Å². The molecule has 1 fully saturated rings. The molecule has 0 aromatic carbocycles. The van der Waals surface area contributed by atoms with Crippen molar-refractivity contribution in [2.75, 3.05) is 46.8 Å². The van der Waals surface area contributed by atoms with Gasteiger partial charge in [-0.1, -0.05) is 0 Å². The van der Waals surface area contributed by atoms with Gasteiger partial charge in [0.2, 0.25) is 0 Å². The first-order chi connectivity index (χ1) is 9.25. The van der Waals surface area contributed by atoms with E-state index in [1.165, 1.54) is 31.5 Å². The molecule has 0 radical (unpaired) electrons. The lowest BCUT2D eigenvalue weighted by Gasteiger charge is -2.35. The molecule has 1 aliphatic heterocycles. The van der Waals surface area contributed by atoms with Gasteiger partial charge in [-0.15, -0.1) is 0 Å². The Morgan fingerprint density at radius 3 is 3.11 bits per heavy atom. The van der Waals surface area contributed by atoms with Gasteiger partial charge in [-0.25, -0.2) is 0 Å². The van der Waals surface area contributed by atoms with Crippen molar-refractivity contribution in [1.82, 2.24) is 15.1 Å². The molecule has 3 nitrogen and oxygen atoms in total. The van der Waals surface area contributed by atoms with Crippen molar-refractivity contribution in [3.63, 3.8) is 0 Å². The number of likely N-dealkylation sites (N-methyl/N-ethyl adjacent to an activating group) is 2. The summed E-state index contributed by atoms with van der Waals surface area (Å²) in [6.07, 6.45) is 3.85. The normalized spacial score (nSPS) is 21.1. The first-order valence-corrected chi connectivity index (χ1v) is 8.30. The van der Waals surface area contributed by atoms with Gasteiger partial charge in [-0.05, 0) is 68.8 Å². The zero-order chi connectivity index (χ0) is 13.5. The molecule has 1 aromatic heterocycles. The van der Waals surface area contributed by atoms with Gasteiger partial charge in [0.25, 0.3) is 0 Å². The van der Waals surface area contributed by atoms with Crippen LogP contribution in [0.1, 0.15) is 18.4 Å². The molecular formula is C15H27N3S. The average Bonchev–Trinajstić information content (AvgIpc) is 2.91. The van der Waals surface area contributed by atoms with Crippen LogP contribution in [0.15, 0.2) is 16.8 Å². The zero-order valence-electron chi connectivity index (χ0n) is 12.3. The summed E-state index contributed by atoms with van der Waals surface area (Å²) in [6, 6.07) is 2.97. The molecule has 2 heterocycles. The first-order valence-electron chi connectivity index (χ1n) is 7.36. The van der Waals surface area contributed by atoms with E-state index in [9.17, 15) is 0 Å². The molecule has 19 heavy (non-hydrogen) atoms. The molecule has 0 aliphatic carbocycles. The Balaban J connectivity index is 1.54. The van der Waals surface area contributed by atoms with Gasteiger partial charge in [0, 0.05) is 25.7 Å². The number of piperidine rings is 1. The van der Waals surface area contributed by atoms with Gasteiger partial charge >= 0.3 is 0 Å². The third kappa shape index (κ3) is 5.22. The third-order valence-electron chi connectivity index (χ3n) is 4.03.